The van der Waals surface area contributed by atoms with Crippen molar-refractivity contribution in [1.29, 1.82) is 0 Å². The molecule has 2 rings (SSSR count). The van der Waals surface area contributed by atoms with Crippen LogP contribution in [-0.4, -0.2) is 27.2 Å². The lowest BCUT2D eigenvalue weighted by Gasteiger charge is -2.25. The van der Waals surface area contributed by atoms with E-state index in [-0.39, 0.29) is 4.90 Å². The van der Waals surface area contributed by atoms with Crippen LogP contribution in [0.1, 0.15) is 35.2 Å². The van der Waals surface area contributed by atoms with Gasteiger partial charge in [0, 0.05) is 17.6 Å². The highest BCUT2D eigenvalue weighted by Crippen LogP contribution is 2.26. The number of rotatable bonds is 7. The lowest BCUT2D eigenvalue weighted by atomic mass is 10.1. The van der Waals surface area contributed by atoms with Crippen LogP contribution in [0.15, 0.2) is 41.3 Å². The molecule has 0 amide bonds. The number of sulfonamides is 1. The van der Waals surface area contributed by atoms with E-state index < -0.39 is 34.8 Å². The number of alkyl halides is 3. The van der Waals surface area contributed by atoms with Crippen LogP contribution in [0.4, 0.5) is 13.2 Å². The minimum absolute atomic E-state index is 0.122. The van der Waals surface area contributed by atoms with Gasteiger partial charge in [0.05, 0.1) is 4.90 Å². The molecule has 2 N–H and O–H groups in total. The van der Waals surface area contributed by atoms with Gasteiger partial charge >= 0.3 is 6.18 Å². The van der Waals surface area contributed by atoms with Crippen LogP contribution in [0.5, 0.6) is 0 Å². The molecule has 9 heteroatoms. The molecular formula is C20H24ClF3N2O2S. The summed E-state index contributed by atoms with van der Waals surface area (Å²) < 4.78 is 68.0. The van der Waals surface area contributed by atoms with Crippen LogP contribution in [0.2, 0.25) is 5.02 Å². The summed E-state index contributed by atoms with van der Waals surface area (Å²) in [6.45, 7) is 6.01. The van der Waals surface area contributed by atoms with Gasteiger partial charge in [-0.25, -0.2) is 8.42 Å². The Labute approximate surface area is 174 Å². The molecule has 0 spiro atoms. The summed E-state index contributed by atoms with van der Waals surface area (Å²) in [4.78, 5) is -0.122. The molecule has 0 heterocycles. The smallest absolute Gasteiger partial charge is 0.308 e. The Morgan fingerprint density at radius 1 is 1.03 bits per heavy atom. The van der Waals surface area contributed by atoms with Crippen LogP contribution in [-0.2, 0) is 10.0 Å². The highest BCUT2D eigenvalue weighted by molar-refractivity contribution is 7.89. The summed E-state index contributed by atoms with van der Waals surface area (Å²) in [7, 11) is -4.37. The Hall–Kier alpha value is -1.61. The molecule has 0 aliphatic rings. The monoisotopic (exact) mass is 448 g/mol. The van der Waals surface area contributed by atoms with Gasteiger partial charge in [-0.2, -0.15) is 17.9 Å². The fraction of sp³-hybridized carbons (Fsp3) is 0.400. The van der Waals surface area contributed by atoms with Gasteiger partial charge < -0.3 is 5.32 Å². The number of hydrogen-bond acceptors (Lipinski definition) is 3. The number of hydrogen-bond donors (Lipinski definition) is 2. The first-order valence-corrected chi connectivity index (χ1v) is 10.8. The largest absolute Gasteiger partial charge is 0.406 e. The maximum atomic E-state index is 13.6. The highest BCUT2D eigenvalue weighted by Gasteiger charge is 2.42. The number of benzene rings is 2. The third-order valence-corrected chi connectivity index (χ3v) is 6.59. The Morgan fingerprint density at radius 3 is 2.03 bits per heavy atom. The van der Waals surface area contributed by atoms with Gasteiger partial charge in [0.1, 0.15) is 6.04 Å². The first kappa shape index (κ1) is 23.7. The third kappa shape index (κ3) is 6.18. The van der Waals surface area contributed by atoms with E-state index in [1.54, 1.807) is 64.1 Å². The van der Waals surface area contributed by atoms with Crippen LogP contribution in [0.3, 0.4) is 0 Å². The van der Waals surface area contributed by atoms with Crippen LogP contribution in [0, 0.1) is 20.8 Å². The molecule has 29 heavy (non-hydrogen) atoms. The summed E-state index contributed by atoms with van der Waals surface area (Å²) in [6, 6.07) is 7.24. The molecule has 160 valence electrons. The molecule has 0 radical (unpaired) electrons. The SMILES string of the molecule is Cc1cc(C)c(S(=O)(=O)NC(CNC(C)c2ccc(Cl)cc2)C(F)(F)F)c(C)c1. The van der Waals surface area contributed by atoms with Crippen molar-refractivity contribution in [1.82, 2.24) is 10.0 Å². The summed E-state index contributed by atoms with van der Waals surface area (Å²) in [6.07, 6.45) is -4.76. The van der Waals surface area contributed by atoms with Crippen molar-refractivity contribution in [3.63, 3.8) is 0 Å². The van der Waals surface area contributed by atoms with Crippen molar-refractivity contribution in [3.8, 4) is 0 Å². The molecule has 4 nitrogen and oxygen atoms in total. The van der Waals surface area contributed by atoms with Gasteiger partial charge in [0.2, 0.25) is 10.0 Å². The fourth-order valence-corrected chi connectivity index (χ4v) is 5.03. The molecule has 2 atom stereocenters. The molecule has 0 aliphatic heterocycles. The normalized spacial score (nSPS) is 14.6. The van der Waals surface area contributed by atoms with E-state index >= 15 is 0 Å². The van der Waals surface area contributed by atoms with Gasteiger partial charge in [0.15, 0.2) is 0 Å². The van der Waals surface area contributed by atoms with Gasteiger partial charge in [0.25, 0.3) is 0 Å². The van der Waals surface area contributed by atoms with E-state index in [1.165, 1.54) is 0 Å². The standard InChI is InChI=1S/C20H24ClF3N2O2S/c1-12-9-13(2)19(14(3)10-12)29(27,28)26-18(20(22,23)24)11-25-15(4)16-5-7-17(21)8-6-16/h5-10,15,18,25-26H,11H2,1-4H3. The van der Waals surface area contributed by atoms with Crippen molar-refractivity contribution in [2.75, 3.05) is 6.54 Å². The summed E-state index contributed by atoms with van der Waals surface area (Å²) in [5.41, 5.74) is 2.38. The van der Waals surface area contributed by atoms with Gasteiger partial charge in [-0.05, 0) is 56.5 Å². The summed E-state index contributed by atoms with van der Waals surface area (Å²) >= 11 is 5.82. The Bertz CT molecular complexity index is 938. The molecule has 0 aromatic heterocycles. The van der Waals surface area contributed by atoms with Crippen LogP contribution < -0.4 is 10.0 Å². The van der Waals surface area contributed by atoms with Gasteiger partial charge in [-0.3, -0.25) is 0 Å². The van der Waals surface area contributed by atoms with Crippen molar-refractivity contribution in [2.24, 2.45) is 0 Å². The van der Waals surface area contributed by atoms with Crippen molar-refractivity contribution >= 4 is 21.6 Å². The van der Waals surface area contributed by atoms with E-state index in [1.807, 2.05) is 4.72 Å². The predicted octanol–water partition coefficient (Wildman–Crippen LogP) is 4.83. The molecule has 0 saturated carbocycles. The second kappa shape index (κ2) is 9.04. The lowest BCUT2D eigenvalue weighted by Crippen LogP contribution is -2.51. The van der Waals surface area contributed by atoms with Crippen molar-refractivity contribution < 1.29 is 21.6 Å². The highest BCUT2D eigenvalue weighted by atomic mass is 35.5. The van der Waals surface area contributed by atoms with Crippen molar-refractivity contribution in [2.45, 2.75) is 50.9 Å². The van der Waals surface area contributed by atoms with Gasteiger partial charge in [-0.1, -0.05) is 41.4 Å². The Kier molecular flexibility index (Phi) is 7.37. The summed E-state index contributed by atoms with van der Waals surface area (Å²) in [5.74, 6) is 0. The lowest BCUT2D eigenvalue weighted by molar-refractivity contribution is -0.150. The average Bonchev–Trinajstić information content (AvgIpc) is 2.56. The molecule has 0 fully saturated rings. The third-order valence-electron chi connectivity index (χ3n) is 4.56. The van der Waals surface area contributed by atoms with E-state index in [2.05, 4.69) is 5.32 Å². The van der Waals surface area contributed by atoms with Crippen LogP contribution in [0.25, 0.3) is 0 Å². The number of aryl methyl sites for hydroxylation is 3. The molecular weight excluding hydrogens is 425 g/mol. The maximum Gasteiger partial charge on any atom is 0.406 e. The van der Waals surface area contributed by atoms with E-state index in [4.69, 9.17) is 11.6 Å². The average molecular weight is 449 g/mol. The second-order valence-corrected chi connectivity index (χ2v) is 9.21. The minimum atomic E-state index is -4.76. The fourth-order valence-electron chi connectivity index (χ4n) is 3.23. The zero-order valence-electron chi connectivity index (χ0n) is 16.6. The molecule has 2 unspecified atom stereocenters. The van der Waals surface area contributed by atoms with Gasteiger partial charge in [-0.15, -0.1) is 0 Å². The quantitative estimate of drug-likeness (QED) is 0.638. The molecule has 0 saturated heterocycles. The van der Waals surface area contributed by atoms with Crippen molar-refractivity contribution in [3.05, 3.63) is 63.7 Å². The Balaban J connectivity index is 2.22. The zero-order valence-corrected chi connectivity index (χ0v) is 18.1. The number of halogens is 4. The molecule has 0 bridgehead atoms. The number of nitrogens with one attached hydrogen (secondary N) is 2. The minimum Gasteiger partial charge on any atom is -0.308 e. The van der Waals surface area contributed by atoms with E-state index in [0.717, 1.165) is 11.1 Å². The first-order chi connectivity index (χ1) is 13.3. The van der Waals surface area contributed by atoms with Crippen LogP contribution >= 0.6 is 11.6 Å². The second-order valence-electron chi connectivity index (χ2n) is 7.12. The topological polar surface area (TPSA) is 58.2 Å². The predicted molar refractivity (Wildman–Crippen MR) is 109 cm³/mol. The summed E-state index contributed by atoms with van der Waals surface area (Å²) in [5, 5.41) is 3.27. The van der Waals surface area contributed by atoms with E-state index in [9.17, 15) is 21.6 Å². The molecule has 2 aromatic carbocycles. The van der Waals surface area contributed by atoms with E-state index in [0.29, 0.717) is 16.1 Å². The first-order valence-electron chi connectivity index (χ1n) is 8.97. The maximum absolute atomic E-state index is 13.6. The Morgan fingerprint density at radius 2 is 1.55 bits per heavy atom. The zero-order chi connectivity index (χ0) is 22.0. The molecule has 0 aliphatic carbocycles. The molecule has 2 aromatic rings.